The summed E-state index contributed by atoms with van der Waals surface area (Å²) in [6.45, 7) is 2.58. The molecule has 2 aromatic rings. The van der Waals surface area contributed by atoms with Crippen LogP contribution in [-0.2, 0) is 9.59 Å². The number of nitrogens with zero attached hydrogens (tertiary/aromatic N) is 2. The van der Waals surface area contributed by atoms with Gasteiger partial charge in [-0.05, 0) is 36.1 Å². The minimum atomic E-state index is 0.0788. The van der Waals surface area contributed by atoms with Gasteiger partial charge in [0.05, 0.1) is 11.0 Å². The second-order valence-electron chi connectivity index (χ2n) is 7.63. The SMILES string of the molecule is O=C(CS[C@H](c1ccccc1)c1ccc(Cl)cc1)N1CCN(C(=O)C2CC2)CC1. The molecule has 4 rings (SSSR count). The van der Waals surface area contributed by atoms with Crippen LogP contribution in [0.1, 0.15) is 29.2 Å². The first-order valence-corrected chi connectivity index (χ1v) is 11.5. The maximum Gasteiger partial charge on any atom is 0.232 e. The molecule has 0 spiro atoms. The lowest BCUT2D eigenvalue weighted by atomic mass is 10.0. The number of halogens is 1. The molecule has 152 valence electrons. The van der Waals surface area contributed by atoms with E-state index >= 15 is 0 Å². The standard InChI is InChI=1S/C23H25ClN2O2S/c24-20-10-8-18(9-11-20)22(17-4-2-1-3-5-17)29-16-21(27)25-12-14-26(15-13-25)23(28)19-6-7-19/h1-5,8-11,19,22H,6-7,12-16H2/t22-/m1/s1. The molecule has 2 fully saturated rings. The van der Waals surface area contributed by atoms with Gasteiger partial charge in [0, 0.05) is 37.1 Å². The monoisotopic (exact) mass is 428 g/mol. The maximum atomic E-state index is 12.8. The molecule has 4 nitrogen and oxygen atoms in total. The van der Waals surface area contributed by atoms with Gasteiger partial charge in [-0.15, -0.1) is 11.8 Å². The molecular formula is C23H25ClN2O2S. The topological polar surface area (TPSA) is 40.6 Å². The molecule has 0 radical (unpaired) electrons. The predicted molar refractivity (Wildman–Crippen MR) is 118 cm³/mol. The van der Waals surface area contributed by atoms with E-state index in [1.807, 2.05) is 52.3 Å². The summed E-state index contributed by atoms with van der Waals surface area (Å²) in [5, 5.41) is 0.787. The van der Waals surface area contributed by atoms with Crippen molar-refractivity contribution in [3.05, 3.63) is 70.7 Å². The quantitative estimate of drug-likeness (QED) is 0.690. The van der Waals surface area contributed by atoms with Gasteiger partial charge in [0.1, 0.15) is 0 Å². The summed E-state index contributed by atoms with van der Waals surface area (Å²) in [6.07, 6.45) is 2.06. The average Bonchev–Trinajstić information content (AvgIpc) is 3.61. The van der Waals surface area contributed by atoms with Crippen LogP contribution in [0.25, 0.3) is 0 Å². The molecule has 1 saturated carbocycles. The Kier molecular flexibility index (Phi) is 6.46. The lowest BCUT2D eigenvalue weighted by Crippen LogP contribution is -2.51. The highest BCUT2D eigenvalue weighted by Gasteiger charge is 2.35. The number of amides is 2. The molecule has 2 amide bonds. The van der Waals surface area contributed by atoms with Crippen LogP contribution >= 0.6 is 23.4 Å². The highest BCUT2D eigenvalue weighted by Crippen LogP contribution is 2.36. The van der Waals surface area contributed by atoms with Crippen LogP contribution in [0.5, 0.6) is 0 Å². The fourth-order valence-electron chi connectivity index (χ4n) is 3.66. The van der Waals surface area contributed by atoms with Crippen molar-refractivity contribution in [2.45, 2.75) is 18.1 Å². The third-order valence-electron chi connectivity index (χ3n) is 5.52. The third kappa shape index (κ3) is 5.14. The van der Waals surface area contributed by atoms with E-state index in [9.17, 15) is 9.59 Å². The summed E-state index contributed by atoms with van der Waals surface area (Å²) in [5.41, 5.74) is 2.31. The van der Waals surface area contributed by atoms with Gasteiger partial charge in [0.15, 0.2) is 0 Å². The van der Waals surface area contributed by atoms with Crippen LogP contribution in [0.15, 0.2) is 54.6 Å². The van der Waals surface area contributed by atoms with Gasteiger partial charge in [-0.2, -0.15) is 0 Å². The Morgan fingerprint density at radius 3 is 2.10 bits per heavy atom. The number of thioether (sulfide) groups is 1. The minimum absolute atomic E-state index is 0.0788. The molecule has 2 aromatic carbocycles. The average molecular weight is 429 g/mol. The van der Waals surface area contributed by atoms with Crippen molar-refractivity contribution >= 4 is 35.2 Å². The zero-order valence-corrected chi connectivity index (χ0v) is 17.9. The number of hydrogen-bond donors (Lipinski definition) is 0. The Balaban J connectivity index is 1.36. The van der Waals surface area contributed by atoms with E-state index in [0.717, 1.165) is 18.4 Å². The summed E-state index contributed by atoms with van der Waals surface area (Å²) in [4.78, 5) is 28.8. The lowest BCUT2D eigenvalue weighted by Gasteiger charge is -2.35. The lowest BCUT2D eigenvalue weighted by molar-refractivity contribution is -0.139. The molecule has 0 aromatic heterocycles. The van der Waals surface area contributed by atoms with Crippen molar-refractivity contribution in [1.82, 2.24) is 9.80 Å². The van der Waals surface area contributed by atoms with Crippen molar-refractivity contribution in [3.8, 4) is 0 Å². The van der Waals surface area contributed by atoms with Crippen molar-refractivity contribution in [2.24, 2.45) is 5.92 Å². The molecule has 0 bridgehead atoms. The number of carbonyl (C=O) groups is 2. The van der Waals surface area contributed by atoms with Gasteiger partial charge >= 0.3 is 0 Å². The van der Waals surface area contributed by atoms with Crippen LogP contribution in [0.2, 0.25) is 5.02 Å². The number of rotatable bonds is 6. The van der Waals surface area contributed by atoms with Crippen molar-refractivity contribution in [1.29, 1.82) is 0 Å². The summed E-state index contributed by atoms with van der Waals surface area (Å²) in [7, 11) is 0. The van der Waals surface area contributed by atoms with E-state index < -0.39 is 0 Å². The van der Waals surface area contributed by atoms with Gasteiger partial charge < -0.3 is 9.80 Å². The first-order valence-electron chi connectivity index (χ1n) is 10.1. The van der Waals surface area contributed by atoms with E-state index in [2.05, 4.69) is 12.1 Å². The minimum Gasteiger partial charge on any atom is -0.339 e. The van der Waals surface area contributed by atoms with Crippen LogP contribution in [0.4, 0.5) is 0 Å². The van der Waals surface area contributed by atoms with Gasteiger partial charge in [-0.25, -0.2) is 0 Å². The van der Waals surface area contributed by atoms with Gasteiger partial charge in [-0.3, -0.25) is 9.59 Å². The van der Waals surface area contributed by atoms with Crippen LogP contribution in [-0.4, -0.2) is 53.5 Å². The molecule has 0 unspecified atom stereocenters. The maximum absolute atomic E-state index is 12.8. The summed E-state index contributed by atoms with van der Waals surface area (Å²) < 4.78 is 0. The second-order valence-corrected chi connectivity index (χ2v) is 9.16. The molecule has 1 aliphatic heterocycles. The highest BCUT2D eigenvalue weighted by molar-refractivity contribution is 8.00. The summed E-state index contributed by atoms with van der Waals surface area (Å²) in [5.74, 6) is 1.08. The van der Waals surface area contributed by atoms with E-state index in [-0.39, 0.29) is 23.0 Å². The molecule has 1 heterocycles. The van der Waals surface area contributed by atoms with Gasteiger partial charge in [-0.1, -0.05) is 54.1 Å². The fraction of sp³-hybridized carbons (Fsp3) is 0.391. The van der Waals surface area contributed by atoms with E-state index in [1.165, 1.54) is 5.56 Å². The van der Waals surface area contributed by atoms with Crippen LogP contribution in [0, 0.1) is 5.92 Å². The fourth-order valence-corrected chi connectivity index (χ4v) is 4.98. The van der Waals surface area contributed by atoms with Crippen molar-refractivity contribution in [2.75, 3.05) is 31.9 Å². The Morgan fingerprint density at radius 2 is 1.48 bits per heavy atom. The number of hydrogen-bond acceptors (Lipinski definition) is 3. The molecule has 1 atom stereocenters. The largest absolute Gasteiger partial charge is 0.339 e. The number of benzene rings is 2. The zero-order valence-electron chi connectivity index (χ0n) is 16.3. The van der Waals surface area contributed by atoms with E-state index in [0.29, 0.717) is 37.0 Å². The smallest absolute Gasteiger partial charge is 0.232 e. The van der Waals surface area contributed by atoms with Gasteiger partial charge in [0.2, 0.25) is 11.8 Å². The van der Waals surface area contributed by atoms with Gasteiger partial charge in [0.25, 0.3) is 0 Å². The van der Waals surface area contributed by atoms with E-state index in [4.69, 9.17) is 11.6 Å². The first kappa shape index (κ1) is 20.3. The Morgan fingerprint density at radius 1 is 0.897 bits per heavy atom. The number of carbonyl (C=O) groups excluding carboxylic acids is 2. The molecule has 2 aliphatic rings. The van der Waals surface area contributed by atoms with Crippen molar-refractivity contribution in [3.63, 3.8) is 0 Å². The molecule has 6 heteroatoms. The van der Waals surface area contributed by atoms with Crippen LogP contribution in [0.3, 0.4) is 0 Å². The first-order chi connectivity index (χ1) is 14.1. The molecule has 0 N–H and O–H groups in total. The highest BCUT2D eigenvalue weighted by atomic mass is 35.5. The number of piperazine rings is 1. The van der Waals surface area contributed by atoms with Crippen LogP contribution < -0.4 is 0 Å². The normalized spacial score (nSPS) is 17.8. The second kappa shape index (κ2) is 9.23. The van der Waals surface area contributed by atoms with E-state index in [1.54, 1.807) is 11.8 Å². The third-order valence-corrected chi connectivity index (χ3v) is 7.06. The predicted octanol–water partition coefficient (Wildman–Crippen LogP) is 4.24. The molecular weight excluding hydrogens is 404 g/mol. The Hall–Kier alpha value is -1.98. The molecule has 1 saturated heterocycles. The Labute approximate surface area is 181 Å². The summed E-state index contributed by atoms with van der Waals surface area (Å²) >= 11 is 7.70. The Bertz CT molecular complexity index is 847. The zero-order chi connectivity index (χ0) is 20.2. The van der Waals surface area contributed by atoms with Crippen molar-refractivity contribution < 1.29 is 9.59 Å². The molecule has 1 aliphatic carbocycles. The molecule has 29 heavy (non-hydrogen) atoms. The summed E-state index contributed by atoms with van der Waals surface area (Å²) in [6, 6.07) is 18.1.